The minimum Gasteiger partial charge on any atom is -0.350 e. The maximum absolute atomic E-state index is 13.2. The number of carbonyl (C=O) groups excluding carboxylic acids is 2. The van der Waals surface area contributed by atoms with Crippen molar-refractivity contribution in [3.8, 4) is 0 Å². The lowest BCUT2D eigenvalue weighted by molar-refractivity contribution is -0.126. The van der Waals surface area contributed by atoms with Gasteiger partial charge in [-0.2, -0.15) is 0 Å². The number of nitrogens with one attached hydrogen (secondary N) is 2. The van der Waals surface area contributed by atoms with Gasteiger partial charge in [-0.1, -0.05) is 18.2 Å². The maximum Gasteiger partial charge on any atom is 0.270 e. The van der Waals surface area contributed by atoms with Crippen LogP contribution >= 0.6 is 0 Å². The molecular weight excluding hydrogens is 376 g/mol. The van der Waals surface area contributed by atoms with E-state index >= 15 is 0 Å². The Morgan fingerprint density at radius 3 is 2.50 bits per heavy atom. The number of aromatic nitrogens is 2. The number of hydrogen-bond acceptors (Lipinski definition) is 3. The predicted octanol–water partition coefficient (Wildman–Crippen LogP) is 3.66. The number of rotatable bonds is 4. The number of nitrogens with zero attached hydrogens (tertiary/aromatic N) is 2. The third-order valence-electron chi connectivity index (χ3n) is 6.16. The number of hydrogen-bond donors (Lipinski definition) is 2. The summed E-state index contributed by atoms with van der Waals surface area (Å²) in [5, 5.41) is 4.11. The molecule has 1 aliphatic rings. The van der Waals surface area contributed by atoms with Gasteiger partial charge in [0.1, 0.15) is 5.69 Å². The molecule has 0 radical (unpaired) electrons. The SMILES string of the molecule is Cc1ccc(C)c2c(C)c(C(=O)N3CCC(C(=O)NCc4ccccn4)CC3)[nH]c12. The van der Waals surface area contributed by atoms with Crippen LogP contribution in [0.15, 0.2) is 36.5 Å². The molecule has 1 saturated heterocycles. The molecule has 30 heavy (non-hydrogen) atoms. The van der Waals surface area contributed by atoms with Crippen LogP contribution in [0.1, 0.15) is 45.7 Å². The van der Waals surface area contributed by atoms with Gasteiger partial charge in [0, 0.05) is 36.1 Å². The Morgan fingerprint density at radius 1 is 1.10 bits per heavy atom. The number of piperidine rings is 1. The maximum atomic E-state index is 13.2. The van der Waals surface area contributed by atoms with Crippen LogP contribution < -0.4 is 5.32 Å². The Morgan fingerprint density at radius 2 is 1.83 bits per heavy atom. The van der Waals surface area contributed by atoms with Gasteiger partial charge in [-0.05, 0) is 62.4 Å². The zero-order chi connectivity index (χ0) is 21.3. The third kappa shape index (κ3) is 3.82. The van der Waals surface area contributed by atoms with E-state index in [-0.39, 0.29) is 17.7 Å². The van der Waals surface area contributed by atoms with Crippen LogP contribution in [-0.2, 0) is 11.3 Å². The second-order valence-corrected chi connectivity index (χ2v) is 8.18. The van der Waals surface area contributed by atoms with E-state index in [0.717, 1.165) is 27.7 Å². The van der Waals surface area contributed by atoms with Crippen molar-refractivity contribution in [3.05, 3.63) is 64.6 Å². The summed E-state index contributed by atoms with van der Waals surface area (Å²) in [5.74, 6) is 0.00157. The smallest absolute Gasteiger partial charge is 0.270 e. The van der Waals surface area contributed by atoms with E-state index in [0.29, 0.717) is 38.2 Å². The number of carbonyl (C=O) groups is 2. The summed E-state index contributed by atoms with van der Waals surface area (Å²) in [7, 11) is 0. The average Bonchev–Trinajstić information content (AvgIpc) is 3.13. The highest BCUT2D eigenvalue weighted by Crippen LogP contribution is 2.29. The van der Waals surface area contributed by atoms with Crippen molar-refractivity contribution in [3.63, 3.8) is 0 Å². The second-order valence-electron chi connectivity index (χ2n) is 8.18. The first-order valence-electron chi connectivity index (χ1n) is 10.5. The van der Waals surface area contributed by atoms with Gasteiger partial charge < -0.3 is 15.2 Å². The van der Waals surface area contributed by atoms with E-state index < -0.39 is 0 Å². The van der Waals surface area contributed by atoms with Crippen molar-refractivity contribution in [2.45, 2.75) is 40.2 Å². The van der Waals surface area contributed by atoms with Crippen molar-refractivity contribution < 1.29 is 9.59 Å². The summed E-state index contributed by atoms with van der Waals surface area (Å²) < 4.78 is 0. The summed E-state index contributed by atoms with van der Waals surface area (Å²) in [6, 6.07) is 9.84. The number of pyridine rings is 1. The summed E-state index contributed by atoms with van der Waals surface area (Å²) in [4.78, 5) is 35.2. The molecule has 0 saturated carbocycles. The predicted molar refractivity (Wildman–Crippen MR) is 117 cm³/mol. The Labute approximate surface area is 176 Å². The van der Waals surface area contributed by atoms with Crippen LogP contribution in [0, 0.1) is 26.7 Å². The number of aryl methyl sites for hydroxylation is 3. The Balaban J connectivity index is 1.39. The highest BCUT2D eigenvalue weighted by Gasteiger charge is 2.29. The van der Waals surface area contributed by atoms with Crippen LogP contribution in [-0.4, -0.2) is 39.8 Å². The minimum atomic E-state index is -0.0638. The molecule has 0 bridgehead atoms. The molecule has 6 heteroatoms. The van der Waals surface area contributed by atoms with Crippen LogP contribution in [0.5, 0.6) is 0 Å². The lowest BCUT2D eigenvalue weighted by atomic mass is 9.95. The van der Waals surface area contributed by atoms with E-state index in [9.17, 15) is 9.59 Å². The van der Waals surface area contributed by atoms with Crippen LogP contribution in [0.3, 0.4) is 0 Å². The topological polar surface area (TPSA) is 78.1 Å². The molecule has 0 aliphatic carbocycles. The van der Waals surface area contributed by atoms with Crippen molar-refractivity contribution in [1.29, 1.82) is 0 Å². The van der Waals surface area contributed by atoms with Crippen LogP contribution in [0.25, 0.3) is 10.9 Å². The van der Waals surface area contributed by atoms with Gasteiger partial charge in [0.2, 0.25) is 5.91 Å². The largest absolute Gasteiger partial charge is 0.350 e. The molecule has 1 aliphatic heterocycles. The molecule has 3 heterocycles. The summed E-state index contributed by atoms with van der Waals surface area (Å²) >= 11 is 0. The molecule has 0 atom stereocenters. The quantitative estimate of drug-likeness (QED) is 0.697. The monoisotopic (exact) mass is 404 g/mol. The molecule has 0 spiro atoms. The highest BCUT2D eigenvalue weighted by molar-refractivity contribution is 6.02. The number of fused-ring (bicyclic) bond motifs is 1. The van der Waals surface area contributed by atoms with E-state index in [1.54, 1.807) is 6.20 Å². The molecule has 2 amide bonds. The van der Waals surface area contributed by atoms with E-state index in [4.69, 9.17) is 0 Å². The fourth-order valence-corrected chi connectivity index (χ4v) is 4.34. The first-order chi connectivity index (χ1) is 14.5. The molecule has 1 fully saturated rings. The zero-order valence-electron chi connectivity index (χ0n) is 17.8. The van der Waals surface area contributed by atoms with Crippen molar-refractivity contribution in [1.82, 2.24) is 20.2 Å². The number of benzene rings is 1. The Hall–Kier alpha value is -3.15. The fraction of sp³-hybridized carbons (Fsp3) is 0.375. The third-order valence-corrected chi connectivity index (χ3v) is 6.16. The Bertz CT molecular complexity index is 1080. The summed E-state index contributed by atoms with van der Waals surface area (Å²) in [6.45, 7) is 7.76. The van der Waals surface area contributed by atoms with E-state index in [1.807, 2.05) is 30.0 Å². The molecule has 1 aromatic carbocycles. The van der Waals surface area contributed by atoms with Gasteiger partial charge >= 0.3 is 0 Å². The second kappa shape index (κ2) is 8.30. The van der Waals surface area contributed by atoms with Crippen LogP contribution in [0.4, 0.5) is 0 Å². The van der Waals surface area contributed by atoms with Gasteiger partial charge in [0.15, 0.2) is 0 Å². The summed E-state index contributed by atoms with van der Waals surface area (Å²) in [5.41, 5.74) is 5.87. The van der Waals surface area contributed by atoms with Gasteiger partial charge in [-0.25, -0.2) is 0 Å². The first kappa shape index (κ1) is 20.1. The average molecular weight is 405 g/mol. The van der Waals surface area contributed by atoms with E-state index in [2.05, 4.69) is 41.3 Å². The minimum absolute atomic E-state index is 0.0230. The Kier molecular flexibility index (Phi) is 5.57. The fourth-order valence-electron chi connectivity index (χ4n) is 4.34. The lowest BCUT2D eigenvalue weighted by Crippen LogP contribution is -2.43. The number of likely N-dealkylation sites (tertiary alicyclic amines) is 1. The molecule has 4 rings (SSSR count). The zero-order valence-corrected chi connectivity index (χ0v) is 17.8. The highest BCUT2D eigenvalue weighted by atomic mass is 16.2. The van der Waals surface area contributed by atoms with Crippen molar-refractivity contribution in [2.75, 3.05) is 13.1 Å². The lowest BCUT2D eigenvalue weighted by Gasteiger charge is -2.31. The normalized spacial score (nSPS) is 14.8. The van der Waals surface area contributed by atoms with Crippen molar-refractivity contribution in [2.24, 2.45) is 5.92 Å². The van der Waals surface area contributed by atoms with Gasteiger partial charge in [0.05, 0.1) is 12.2 Å². The van der Waals surface area contributed by atoms with E-state index in [1.165, 1.54) is 5.56 Å². The number of aromatic amines is 1. The molecular formula is C24H28N4O2. The standard InChI is InChI=1S/C24H28N4O2/c1-15-7-8-16(2)21-20(15)17(3)22(27-21)24(30)28-12-9-18(10-13-28)23(29)26-14-19-6-4-5-11-25-19/h4-8,11,18,27H,9-10,12-14H2,1-3H3,(H,26,29). The number of amides is 2. The molecule has 156 valence electrons. The molecule has 2 N–H and O–H groups in total. The summed E-state index contributed by atoms with van der Waals surface area (Å²) in [6.07, 6.45) is 3.08. The van der Waals surface area contributed by atoms with Gasteiger partial charge in [-0.3, -0.25) is 14.6 Å². The first-order valence-corrected chi connectivity index (χ1v) is 10.5. The van der Waals surface area contributed by atoms with Gasteiger partial charge in [0.25, 0.3) is 5.91 Å². The molecule has 3 aromatic rings. The molecule has 0 unspecified atom stereocenters. The molecule has 2 aromatic heterocycles. The van der Waals surface area contributed by atoms with Gasteiger partial charge in [-0.15, -0.1) is 0 Å². The molecule has 6 nitrogen and oxygen atoms in total. The number of H-pyrrole nitrogens is 1. The van der Waals surface area contributed by atoms with Crippen molar-refractivity contribution >= 4 is 22.7 Å². The van der Waals surface area contributed by atoms with Crippen LogP contribution in [0.2, 0.25) is 0 Å².